The van der Waals surface area contributed by atoms with Crippen molar-refractivity contribution in [1.82, 2.24) is 25.5 Å². The molecule has 0 radical (unpaired) electrons. The summed E-state index contributed by atoms with van der Waals surface area (Å²) in [4.78, 5) is 9.29. The van der Waals surface area contributed by atoms with E-state index in [0.29, 0.717) is 0 Å². The molecular weight excluding hydrogens is 198 g/mol. The molecule has 2 aromatic rings. The second kappa shape index (κ2) is 4.83. The second-order valence-electron chi connectivity index (χ2n) is 2.83. The van der Waals surface area contributed by atoms with E-state index >= 15 is 0 Å². The Morgan fingerprint density at radius 2 is 2.50 bits per heavy atom. The normalized spacial score (nSPS) is 10.6. The van der Waals surface area contributed by atoms with Crippen LogP contribution in [0.4, 0.5) is 0 Å². The highest BCUT2D eigenvalue weighted by Gasteiger charge is 1.96. The zero-order valence-electron chi connectivity index (χ0n) is 7.60. The third-order valence-corrected chi connectivity index (χ3v) is 2.57. The fourth-order valence-electron chi connectivity index (χ4n) is 1.10. The van der Waals surface area contributed by atoms with Crippen LogP contribution < -0.4 is 5.32 Å². The molecule has 5 nitrogen and oxygen atoms in total. The van der Waals surface area contributed by atoms with Crippen LogP contribution in [0.1, 0.15) is 10.7 Å². The molecule has 2 aromatic heterocycles. The molecule has 0 atom stereocenters. The number of aromatic nitrogens is 4. The minimum absolute atomic E-state index is 0.874. The summed E-state index contributed by atoms with van der Waals surface area (Å²) in [5, 5.41) is 9.91. The topological polar surface area (TPSA) is 66.5 Å². The lowest BCUT2D eigenvalue weighted by Gasteiger charge is -1.99. The van der Waals surface area contributed by atoms with Gasteiger partial charge >= 0.3 is 0 Å². The van der Waals surface area contributed by atoms with Gasteiger partial charge in [-0.3, -0.25) is 10.1 Å². The molecule has 0 aromatic carbocycles. The minimum Gasteiger partial charge on any atom is -0.311 e. The summed E-state index contributed by atoms with van der Waals surface area (Å²) in [5.74, 6) is 0.918. The third-order valence-electron chi connectivity index (χ3n) is 1.79. The monoisotopic (exact) mass is 209 g/mol. The van der Waals surface area contributed by atoms with E-state index in [9.17, 15) is 0 Å². The number of H-pyrrole nitrogens is 1. The summed E-state index contributed by atoms with van der Waals surface area (Å²) in [6.45, 7) is 1.77. The number of nitrogens with zero attached hydrogens (tertiary/aromatic N) is 3. The van der Waals surface area contributed by atoms with Crippen molar-refractivity contribution < 1.29 is 0 Å². The van der Waals surface area contributed by atoms with E-state index in [2.05, 4.69) is 25.5 Å². The molecule has 6 heteroatoms. The molecule has 0 spiro atoms. The van der Waals surface area contributed by atoms with Crippen molar-refractivity contribution in [2.24, 2.45) is 0 Å². The number of thiazole rings is 1. The lowest BCUT2D eigenvalue weighted by Crippen LogP contribution is -2.16. The maximum atomic E-state index is 4.03. The molecule has 0 fully saturated rings. The molecule has 0 amide bonds. The first-order valence-corrected chi connectivity index (χ1v) is 5.25. The highest BCUT2D eigenvalue weighted by Crippen LogP contribution is 2.03. The van der Waals surface area contributed by atoms with Crippen LogP contribution in [0.5, 0.6) is 0 Å². The first-order valence-electron chi connectivity index (χ1n) is 4.37. The van der Waals surface area contributed by atoms with Crippen LogP contribution in [0.25, 0.3) is 0 Å². The Bertz CT molecular complexity index is 305. The zero-order valence-corrected chi connectivity index (χ0v) is 8.42. The van der Waals surface area contributed by atoms with Crippen molar-refractivity contribution in [2.75, 3.05) is 6.54 Å². The molecule has 0 saturated heterocycles. The molecule has 0 saturated carbocycles. The Morgan fingerprint density at radius 1 is 1.50 bits per heavy atom. The fourth-order valence-corrected chi connectivity index (χ4v) is 1.66. The van der Waals surface area contributed by atoms with Crippen molar-refractivity contribution in [3.63, 3.8) is 0 Å². The summed E-state index contributed by atoms with van der Waals surface area (Å²) >= 11 is 1.66. The van der Waals surface area contributed by atoms with Crippen LogP contribution in [0, 0.1) is 0 Å². The van der Waals surface area contributed by atoms with Crippen molar-refractivity contribution in [3.05, 3.63) is 28.7 Å². The Morgan fingerprint density at radius 3 is 3.21 bits per heavy atom. The zero-order chi connectivity index (χ0) is 9.64. The van der Waals surface area contributed by atoms with Gasteiger partial charge in [0.1, 0.15) is 12.2 Å². The number of rotatable bonds is 5. The van der Waals surface area contributed by atoms with Crippen LogP contribution >= 0.6 is 11.3 Å². The molecule has 0 aliphatic heterocycles. The molecule has 14 heavy (non-hydrogen) atoms. The lowest BCUT2D eigenvalue weighted by molar-refractivity contribution is 0.677. The van der Waals surface area contributed by atoms with E-state index in [4.69, 9.17) is 0 Å². The summed E-state index contributed by atoms with van der Waals surface area (Å²) < 4.78 is 0. The minimum atomic E-state index is 0.874. The summed E-state index contributed by atoms with van der Waals surface area (Å²) in [6, 6.07) is 0. The molecule has 0 bridgehead atoms. The van der Waals surface area contributed by atoms with E-state index in [1.807, 2.05) is 11.7 Å². The molecule has 0 aliphatic rings. The van der Waals surface area contributed by atoms with Gasteiger partial charge in [-0.2, -0.15) is 5.10 Å². The van der Waals surface area contributed by atoms with Crippen LogP contribution in [-0.2, 0) is 13.0 Å². The smallest absolute Gasteiger partial charge is 0.137 e. The van der Waals surface area contributed by atoms with Crippen molar-refractivity contribution in [2.45, 2.75) is 13.0 Å². The predicted octanol–water partition coefficient (Wildman–Crippen LogP) is 0.593. The highest BCUT2D eigenvalue weighted by atomic mass is 32.1. The number of hydrogen-bond donors (Lipinski definition) is 2. The molecule has 0 aliphatic carbocycles. The number of aromatic amines is 1. The Balaban J connectivity index is 1.65. The molecule has 2 heterocycles. The molecular formula is C8H11N5S. The van der Waals surface area contributed by atoms with E-state index in [0.717, 1.165) is 25.3 Å². The Labute approximate surface area is 85.6 Å². The average Bonchev–Trinajstić information content (AvgIpc) is 2.86. The van der Waals surface area contributed by atoms with Crippen molar-refractivity contribution >= 4 is 11.3 Å². The largest absolute Gasteiger partial charge is 0.311 e. The Hall–Kier alpha value is -1.27. The summed E-state index contributed by atoms with van der Waals surface area (Å²) in [7, 11) is 0. The SMILES string of the molecule is c1n[nH]c(CCNCc2cncs2)n1. The van der Waals surface area contributed by atoms with Gasteiger partial charge < -0.3 is 5.32 Å². The average molecular weight is 209 g/mol. The maximum absolute atomic E-state index is 4.03. The highest BCUT2D eigenvalue weighted by molar-refractivity contribution is 7.09. The van der Waals surface area contributed by atoms with Gasteiger partial charge in [-0.05, 0) is 0 Å². The van der Waals surface area contributed by atoms with Crippen LogP contribution in [-0.4, -0.2) is 26.7 Å². The van der Waals surface area contributed by atoms with E-state index in [-0.39, 0.29) is 0 Å². The van der Waals surface area contributed by atoms with Crippen LogP contribution in [0.3, 0.4) is 0 Å². The van der Waals surface area contributed by atoms with Gasteiger partial charge in [0.25, 0.3) is 0 Å². The molecule has 2 N–H and O–H groups in total. The van der Waals surface area contributed by atoms with E-state index in [1.165, 1.54) is 11.2 Å². The van der Waals surface area contributed by atoms with Gasteiger partial charge in [0.15, 0.2) is 0 Å². The molecule has 2 rings (SSSR count). The van der Waals surface area contributed by atoms with Crippen LogP contribution in [0.15, 0.2) is 18.0 Å². The van der Waals surface area contributed by atoms with Crippen molar-refractivity contribution in [3.8, 4) is 0 Å². The van der Waals surface area contributed by atoms with Gasteiger partial charge in [0.05, 0.1) is 5.51 Å². The standard InChI is InChI=1S/C8H11N5S/c1(8-11-5-12-13-8)2-9-3-7-4-10-6-14-7/h4-6,9H,1-3H2,(H,11,12,13). The molecule has 0 unspecified atom stereocenters. The summed E-state index contributed by atoms with van der Waals surface area (Å²) in [6.07, 6.45) is 4.28. The van der Waals surface area contributed by atoms with Crippen LogP contribution in [0.2, 0.25) is 0 Å². The van der Waals surface area contributed by atoms with Gasteiger partial charge in [0.2, 0.25) is 0 Å². The van der Waals surface area contributed by atoms with E-state index < -0.39 is 0 Å². The third kappa shape index (κ3) is 2.61. The fraction of sp³-hybridized carbons (Fsp3) is 0.375. The lowest BCUT2D eigenvalue weighted by atomic mass is 10.4. The van der Waals surface area contributed by atoms with Gasteiger partial charge in [0, 0.05) is 30.6 Å². The predicted molar refractivity (Wildman–Crippen MR) is 53.9 cm³/mol. The number of nitrogens with one attached hydrogen (secondary N) is 2. The first kappa shape index (κ1) is 9.29. The Kier molecular flexibility index (Phi) is 3.20. The van der Waals surface area contributed by atoms with Gasteiger partial charge in [-0.1, -0.05) is 0 Å². The first-order chi connectivity index (χ1) is 6.95. The second-order valence-corrected chi connectivity index (χ2v) is 3.80. The van der Waals surface area contributed by atoms with E-state index in [1.54, 1.807) is 11.3 Å². The van der Waals surface area contributed by atoms with Gasteiger partial charge in [-0.25, -0.2) is 4.98 Å². The maximum Gasteiger partial charge on any atom is 0.137 e. The summed E-state index contributed by atoms with van der Waals surface area (Å²) in [5.41, 5.74) is 1.84. The van der Waals surface area contributed by atoms with Crippen molar-refractivity contribution in [1.29, 1.82) is 0 Å². The van der Waals surface area contributed by atoms with Gasteiger partial charge in [-0.15, -0.1) is 11.3 Å². The molecule has 74 valence electrons. The quantitative estimate of drug-likeness (QED) is 0.707. The number of hydrogen-bond acceptors (Lipinski definition) is 5.